The van der Waals surface area contributed by atoms with Crippen LogP contribution < -0.4 is 5.32 Å². The topological polar surface area (TPSA) is 12.0 Å². The molecule has 0 aromatic heterocycles. The lowest BCUT2D eigenvalue weighted by Crippen LogP contribution is -2.32. The van der Waals surface area contributed by atoms with Gasteiger partial charge in [0.15, 0.2) is 0 Å². The van der Waals surface area contributed by atoms with Crippen LogP contribution in [-0.2, 0) is 12.8 Å². The molecule has 1 fully saturated rings. The van der Waals surface area contributed by atoms with Crippen LogP contribution in [0.15, 0.2) is 18.2 Å². The summed E-state index contributed by atoms with van der Waals surface area (Å²) >= 11 is 0. The van der Waals surface area contributed by atoms with Crippen molar-refractivity contribution in [3.05, 3.63) is 34.9 Å². The fourth-order valence-corrected chi connectivity index (χ4v) is 3.00. The number of hydrogen-bond donors (Lipinski definition) is 1. The van der Waals surface area contributed by atoms with Gasteiger partial charge in [0.2, 0.25) is 0 Å². The van der Waals surface area contributed by atoms with Gasteiger partial charge >= 0.3 is 0 Å². The Morgan fingerprint density at radius 1 is 1.17 bits per heavy atom. The van der Waals surface area contributed by atoms with Crippen LogP contribution in [0.5, 0.6) is 0 Å². The van der Waals surface area contributed by atoms with Gasteiger partial charge in [0.25, 0.3) is 0 Å². The van der Waals surface area contributed by atoms with E-state index in [0.717, 1.165) is 25.3 Å². The van der Waals surface area contributed by atoms with Crippen molar-refractivity contribution in [3.63, 3.8) is 0 Å². The van der Waals surface area contributed by atoms with E-state index in [9.17, 15) is 0 Å². The second-order valence-electron chi connectivity index (χ2n) is 5.47. The van der Waals surface area contributed by atoms with Crippen LogP contribution in [-0.4, -0.2) is 6.54 Å². The number of hydrogen-bond acceptors (Lipinski definition) is 1. The molecule has 1 atom stereocenters. The molecule has 0 radical (unpaired) electrons. The Labute approximate surface area is 112 Å². The smallest absolute Gasteiger partial charge is 0.0351 e. The van der Waals surface area contributed by atoms with E-state index < -0.39 is 0 Å². The third-order valence-corrected chi connectivity index (χ3v) is 4.38. The third-order valence-electron chi connectivity index (χ3n) is 4.38. The number of benzene rings is 1. The summed E-state index contributed by atoms with van der Waals surface area (Å²) in [7, 11) is 0. The van der Waals surface area contributed by atoms with E-state index in [-0.39, 0.29) is 0 Å². The van der Waals surface area contributed by atoms with Gasteiger partial charge in [0.05, 0.1) is 0 Å². The zero-order chi connectivity index (χ0) is 13.0. The van der Waals surface area contributed by atoms with Crippen molar-refractivity contribution >= 4 is 0 Å². The molecule has 2 rings (SSSR count). The van der Waals surface area contributed by atoms with E-state index in [2.05, 4.69) is 44.3 Å². The molecular formula is C17H27N. The molecular weight excluding hydrogens is 218 g/mol. The van der Waals surface area contributed by atoms with E-state index in [4.69, 9.17) is 0 Å². The number of aryl methyl sites for hydroxylation is 2. The molecule has 0 heterocycles. The second kappa shape index (κ2) is 6.38. The maximum Gasteiger partial charge on any atom is 0.0351 e. The summed E-state index contributed by atoms with van der Waals surface area (Å²) in [6.45, 7) is 7.81. The molecule has 0 amide bonds. The highest BCUT2D eigenvalue weighted by Crippen LogP contribution is 2.39. The molecule has 1 aromatic carbocycles. The Bertz CT molecular complexity index is 379. The van der Waals surface area contributed by atoms with Crippen molar-refractivity contribution < 1.29 is 0 Å². The zero-order valence-corrected chi connectivity index (χ0v) is 12.1. The van der Waals surface area contributed by atoms with E-state index in [1.807, 2.05) is 0 Å². The van der Waals surface area contributed by atoms with Crippen LogP contribution in [0.1, 0.15) is 62.8 Å². The van der Waals surface area contributed by atoms with Crippen molar-refractivity contribution in [2.75, 3.05) is 6.54 Å². The van der Waals surface area contributed by atoms with Crippen molar-refractivity contribution in [1.82, 2.24) is 5.32 Å². The van der Waals surface area contributed by atoms with Crippen LogP contribution >= 0.6 is 0 Å². The molecule has 0 spiro atoms. The summed E-state index contributed by atoms with van der Waals surface area (Å²) in [5.41, 5.74) is 4.58. The molecule has 1 nitrogen and oxygen atoms in total. The van der Waals surface area contributed by atoms with Crippen molar-refractivity contribution in [2.24, 2.45) is 5.92 Å². The first kappa shape index (κ1) is 13.6. The molecule has 1 saturated carbocycles. The second-order valence-corrected chi connectivity index (χ2v) is 5.47. The lowest BCUT2D eigenvalue weighted by Gasteiger charge is -2.36. The van der Waals surface area contributed by atoms with Gasteiger partial charge in [-0.2, -0.15) is 0 Å². The summed E-state index contributed by atoms with van der Waals surface area (Å²) in [6, 6.07) is 7.68. The minimum absolute atomic E-state index is 0.588. The Balaban J connectivity index is 2.31. The van der Waals surface area contributed by atoms with E-state index in [1.54, 1.807) is 5.56 Å². The van der Waals surface area contributed by atoms with Gasteiger partial charge in [-0.1, -0.05) is 45.4 Å². The highest BCUT2D eigenvalue weighted by Gasteiger charge is 2.29. The standard InChI is InChI=1S/C17H27N/c1-4-13-10-11-14(5-2)16(12-13)17(18-6-3)15-8-7-9-15/h10-12,15,17-18H,4-9H2,1-3H3. The molecule has 1 aromatic rings. The van der Waals surface area contributed by atoms with Gasteiger partial charge in [0.1, 0.15) is 0 Å². The fraction of sp³-hybridized carbons (Fsp3) is 0.647. The zero-order valence-electron chi connectivity index (χ0n) is 12.1. The highest BCUT2D eigenvalue weighted by molar-refractivity contribution is 5.35. The first-order chi connectivity index (χ1) is 8.80. The van der Waals surface area contributed by atoms with Crippen LogP contribution in [0.3, 0.4) is 0 Å². The maximum absolute atomic E-state index is 3.73. The molecule has 1 unspecified atom stereocenters. The fourth-order valence-electron chi connectivity index (χ4n) is 3.00. The van der Waals surface area contributed by atoms with Gasteiger partial charge in [-0.3, -0.25) is 0 Å². The van der Waals surface area contributed by atoms with Crippen LogP contribution in [0.2, 0.25) is 0 Å². The van der Waals surface area contributed by atoms with Gasteiger partial charge in [-0.15, -0.1) is 0 Å². The van der Waals surface area contributed by atoms with Gasteiger partial charge in [0, 0.05) is 6.04 Å². The third kappa shape index (κ3) is 2.77. The summed E-state index contributed by atoms with van der Waals surface area (Å²) in [5.74, 6) is 0.863. The molecule has 0 bridgehead atoms. The molecule has 100 valence electrons. The lowest BCUT2D eigenvalue weighted by molar-refractivity contribution is 0.232. The van der Waals surface area contributed by atoms with Crippen molar-refractivity contribution in [2.45, 2.75) is 58.9 Å². The van der Waals surface area contributed by atoms with E-state index in [1.165, 1.54) is 30.4 Å². The Morgan fingerprint density at radius 2 is 1.94 bits per heavy atom. The average Bonchev–Trinajstić information content (AvgIpc) is 2.35. The van der Waals surface area contributed by atoms with Crippen molar-refractivity contribution in [3.8, 4) is 0 Å². The Morgan fingerprint density at radius 3 is 2.44 bits per heavy atom. The average molecular weight is 245 g/mol. The molecule has 1 heteroatoms. The Kier molecular flexibility index (Phi) is 4.82. The minimum atomic E-state index is 0.588. The summed E-state index contributed by atoms with van der Waals surface area (Å²) in [4.78, 5) is 0. The largest absolute Gasteiger partial charge is 0.310 e. The quantitative estimate of drug-likeness (QED) is 0.789. The van der Waals surface area contributed by atoms with Gasteiger partial charge < -0.3 is 5.32 Å². The van der Waals surface area contributed by atoms with Crippen LogP contribution in [0, 0.1) is 5.92 Å². The molecule has 18 heavy (non-hydrogen) atoms. The normalized spacial score (nSPS) is 17.5. The molecule has 1 aliphatic rings. The van der Waals surface area contributed by atoms with Gasteiger partial charge in [-0.25, -0.2) is 0 Å². The monoisotopic (exact) mass is 245 g/mol. The first-order valence-electron chi connectivity index (χ1n) is 7.65. The van der Waals surface area contributed by atoms with E-state index >= 15 is 0 Å². The molecule has 1 aliphatic carbocycles. The molecule has 0 saturated heterocycles. The number of rotatable bonds is 6. The van der Waals surface area contributed by atoms with Crippen LogP contribution in [0.25, 0.3) is 0 Å². The first-order valence-corrected chi connectivity index (χ1v) is 7.65. The lowest BCUT2D eigenvalue weighted by atomic mass is 9.75. The van der Waals surface area contributed by atoms with Crippen LogP contribution in [0.4, 0.5) is 0 Å². The highest BCUT2D eigenvalue weighted by atomic mass is 14.9. The number of nitrogens with one attached hydrogen (secondary N) is 1. The Hall–Kier alpha value is -0.820. The summed E-state index contributed by atoms with van der Waals surface area (Å²) in [5, 5.41) is 3.73. The predicted molar refractivity (Wildman–Crippen MR) is 79.0 cm³/mol. The van der Waals surface area contributed by atoms with E-state index in [0.29, 0.717) is 6.04 Å². The minimum Gasteiger partial charge on any atom is -0.310 e. The summed E-state index contributed by atoms with van der Waals surface area (Å²) < 4.78 is 0. The summed E-state index contributed by atoms with van der Waals surface area (Å²) in [6.07, 6.45) is 6.50. The molecule has 0 aliphatic heterocycles. The van der Waals surface area contributed by atoms with Gasteiger partial charge in [-0.05, 0) is 54.8 Å². The molecule has 1 N–H and O–H groups in total. The SMILES string of the molecule is CCNC(c1cc(CC)ccc1CC)C1CCC1. The van der Waals surface area contributed by atoms with Crippen molar-refractivity contribution in [1.29, 1.82) is 0 Å². The predicted octanol–water partition coefficient (Wildman–Crippen LogP) is 4.26. The maximum atomic E-state index is 3.73.